The molecule has 1 aromatic carbocycles. The maximum Gasteiger partial charge on any atom is 0.237 e. The zero-order valence-corrected chi connectivity index (χ0v) is 9.50. The summed E-state index contributed by atoms with van der Waals surface area (Å²) in [5, 5.41) is 20.8. The molecule has 0 unspecified atom stereocenters. The lowest BCUT2D eigenvalue weighted by molar-refractivity contribution is 1.24. The van der Waals surface area contributed by atoms with Crippen LogP contribution in [0, 0.1) is 43.4 Å². The van der Waals surface area contributed by atoms with Gasteiger partial charge in [-0.3, -0.25) is 5.43 Å². The molecule has 0 heterocycles. The summed E-state index contributed by atoms with van der Waals surface area (Å²) in [6.07, 6.45) is 0. The van der Waals surface area contributed by atoms with E-state index in [0.717, 1.165) is 16.8 Å². The standard InChI is InChI=1S/C12H12N4/c1-8-4-9(2)12(10(3)5-8)16-15-11(6-13)7-14/h4-5,16H,1-3H3. The van der Waals surface area contributed by atoms with Crippen LogP contribution in [-0.2, 0) is 0 Å². The monoisotopic (exact) mass is 212 g/mol. The van der Waals surface area contributed by atoms with Gasteiger partial charge in [0.05, 0.1) is 5.69 Å². The molecule has 1 N–H and O–H groups in total. The highest BCUT2D eigenvalue weighted by Crippen LogP contribution is 2.21. The molecule has 0 radical (unpaired) electrons. The lowest BCUT2D eigenvalue weighted by Gasteiger charge is -2.09. The fourth-order valence-corrected chi connectivity index (χ4v) is 1.54. The van der Waals surface area contributed by atoms with Crippen LogP contribution >= 0.6 is 0 Å². The van der Waals surface area contributed by atoms with Gasteiger partial charge in [0.25, 0.3) is 0 Å². The Morgan fingerprint density at radius 3 is 2.06 bits per heavy atom. The summed E-state index contributed by atoms with van der Waals surface area (Å²) in [6.45, 7) is 5.93. The van der Waals surface area contributed by atoms with Crippen molar-refractivity contribution in [2.24, 2.45) is 5.10 Å². The summed E-state index contributed by atoms with van der Waals surface area (Å²) < 4.78 is 0. The minimum atomic E-state index is -0.181. The van der Waals surface area contributed by atoms with Gasteiger partial charge in [0.1, 0.15) is 12.1 Å². The van der Waals surface area contributed by atoms with E-state index in [2.05, 4.69) is 10.5 Å². The summed E-state index contributed by atoms with van der Waals surface area (Å²) >= 11 is 0. The van der Waals surface area contributed by atoms with Crippen LogP contribution in [0.5, 0.6) is 0 Å². The van der Waals surface area contributed by atoms with Gasteiger partial charge in [-0.25, -0.2) is 0 Å². The fraction of sp³-hybridized carbons (Fsp3) is 0.250. The first-order valence-electron chi connectivity index (χ1n) is 4.80. The van der Waals surface area contributed by atoms with Crippen molar-refractivity contribution in [2.75, 3.05) is 5.43 Å². The van der Waals surface area contributed by atoms with Crippen LogP contribution in [0.2, 0.25) is 0 Å². The molecule has 0 saturated carbocycles. The second-order valence-corrected chi connectivity index (χ2v) is 3.57. The van der Waals surface area contributed by atoms with Gasteiger partial charge >= 0.3 is 0 Å². The van der Waals surface area contributed by atoms with E-state index in [1.165, 1.54) is 5.56 Å². The van der Waals surface area contributed by atoms with Crippen molar-refractivity contribution in [2.45, 2.75) is 20.8 Å². The summed E-state index contributed by atoms with van der Waals surface area (Å²) in [6, 6.07) is 7.43. The molecule has 0 fully saturated rings. The number of hydrogen-bond acceptors (Lipinski definition) is 4. The van der Waals surface area contributed by atoms with Crippen molar-refractivity contribution in [3.63, 3.8) is 0 Å². The number of benzene rings is 1. The Kier molecular flexibility index (Phi) is 3.63. The first kappa shape index (κ1) is 11.7. The molecule has 4 heteroatoms. The van der Waals surface area contributed by atoms with Gasteiger partial charge in [0, 0.05) is 0 Å². The number of hydrazone groups is 1. The Hall–Kier alpha value is -2.33. The number of anilines is 1. The Morgan fingerprint density at radius 2 is 1.62 bits per heavy atom. The molecule has 16 heavy (non-hydrogen) atoms. The van der Waals surface area contributed by atoms with Crippen LogP contribution in [0.4, 0.5) is 5.69 Å². The summed E-state index contributed by atoms with van der Waals surface area (Å²) in [5.74, 6) is 0. The van der Waals surface area contributed by atoms with Crippen molar-refractivity contribution < 1.29 is 0 Å². The van der Waals surface area contributed by atoms with E-state index in [1.54, 1.807) is 12.1 Å². The number of aryl methyl sites for hydroxylation is 3. The van der Waals surface area contributed by atoms with Crippen LogP contribution in [0.3, 0.4) is 0 Å². The van der Waals surface area contributed by atoms with E-state index < -0.39 is 0 Å². The molecular formula is C12H12N4. The van der Waals surface area contributed by atoms with Crippen LogP contribution < -0.4 is 5.43 Å². The summed E-state index contributed by atoms with van der Waals surface area (Å²) in [4.78, 5) is 0. The normalized spacial score (nSPS) is 8.81. The molecule has 0 aliphatic heterocycles. The molecule has 0 bridgehead atoms. The Labute approximate surface area is 94.8 Å². The third-order valence-corrected chi connectivity index (χ3v) is 2.17. The van der Waals surface area contributed by atoms with Gasteiger partial charge in [-0.2, -0.15) is 15.6 Å². The lowest BCUT2D eigenvalue weighted by Crippen LogP contribution is -2.00. The third kappa shape index (κ3) is 2.59. The molecule has 0 amide bonds. The van der Waals surface area contributed by atoms with Crippen molar-refractivity contribution in [1.29, 1.82) is 10.5 Å². The highest BCUT2D eigenvalue weighted by molar-refractivity contribution is 6.10. The number of nitrogens with one attached hydrogen (secondary N) is 1. The molecule has 0 atom stereocenters. The highest BCUT2D eigenvalue weighted by Gasteiger charge is 2.03. The highest BCUT2D eigenvalue weighted by atomic mass is 15.3. The van der Waals surface area contributed by atoms with Crippen molar-refractivity contribution in [3.05, 3.63) is 28.8 Å². The van der Waals surface area contributed by atoms with Gasteiger partial charge in [-0.1, -0.05) is 17.7 Å². The third-order valence-electron chi connectivity index (χ3n) is 2.17. The molecular weight excluding hydrogens is 200 g/mol. The Balaban J connectivity index is 3.05. The maximum absolute atomic E-state index is 8.54. The van der Waals surface area contributed by atoms with Crippen molar-refractivity contribution in [3.8, 4) is 12.1 Å². The lowest BCUT2D eigenvalue weighted by atomic mass is 10.1. The molecule has 0 aliphatic rings. The summed E-state index contributed by atoms with van der Waals surface area (Å²) in [5.41, 5.74) is 6.66. The molecule has 80 valence electrons. The molecule has 4 nitrogen and oxygen atoms in total. The quantitative estimate of drug-likeness (QED) is 0.604. The zero-order chi connectivity index (χ0) is 12.1. The predicted octanol–water partition coefficient (Wildman–Crippen LogP) is 2.43. The van der Waals surface area contributed by atoms with Crippen LogP contribution in [-0.4, -0.2) is 5.71 Å². The first-order valence-corrected chi connectivity index (χ1v) is 4.80. The van der Waals surface area contributed by atoms with E-state index in [1.807, 2.05) is 32.9 Å². The number of hydrogen-bond donors (Lipinski definition) is 1. The number of nitriles is 2. The minimum Gasteiger partial charge on any atom is -0.276 e. The molecule has 0 saturated heterocycles. The van der Waals surface area contributed by atoms with Crippen LogP contribution in [0.15, 0.2) is 17.2 Å². The van der Waals surface area contributed by atoms with E-state index in [4.69, 9.17) is 10.5 Å². The van der Waals surface area contributed by atoms with Crippen molar-refractivity contribution >= 4 is 11.4 Å². The molecule has 1 aromatic rings. The molecule has 0 aliphatic carbocycles. The molecule has 1 rings (SSSR count). The molecule has 0 spiro atoms. The van der Waals surface area contributed by atoms with Crippen LogP contribution in [0.1, 0.15) is 16.7 Å². The Bertz CT molecular complexity index is 476. The number of nitrogens with zero attached hydrogens (tertiary/aromatic N) is 3. The van der Waals surface area contributed by atoms with Crippen molar-refractivity contribution in [1.82, 2.24) is 0 Å². The topological polar surface area (TPSA) is 72.0 Å². The van der Waals surface area contributed by atoms with E-state index in [-0.39, 0.29) is 5.71 Å². The SMILES string of the molecule is Cc1cc(C)c(NN=C(C#N)C#N)c(C)c1. The van der Waals surface area contributed by atoms with Gasteiger partial charge in [0.15, 0.2) is 0 Å². The van der Waals surface area contributed by atoms with Gasteiger partial charge in [-0.05, 0) is 31.9 Å². The maximum atomic E-state index is 8.54. The number of rotatable bonds is 2. The fourth-order valence-electron chi connectivity index (χ4n) is 1.54. The van der Waals surface area contributed by atoms with Gasteiger partial charge in [0.2, 0.25) is 5.71 Å². The zero-order valence-electron chi connectivity index (χ0n) is 9.50. The van der Waals surface area contributed by atoms with Gasteiger partial charge < -0.3 is 0 Å². The largest absolute Gasteiger partial charge is 0.276 e. The average molecular weight is 212 g/mol. The van der Waals surface area contributed by atoms with Crippen LogP contribution in [0.25, 0.3) is 0 Å². The van der Waals surface area contributed by atoms with E-state index in [0.29, 0.717) is 0 Å². The first-order chi connectivity index (χ1) is 7.58. The summed E-state index contributed by atoms with van der Waals surface area (Å²) in [7, 11) is 0. The smallest absolute Gasteiger partial charge is 0.237 e. The second kappa shape index (κ2) is 4.95. The molecule has 0 aromatic heterocycles. The minimum absolute atomic E-state index is 0.181. The Morgan fingerprint density at radius 1 is 1.12 bits per heavy atom. The average Bonchev–Trinajstić information content (AvgIpc) is 2.22. The van der Waals surface area contributed by atoms with Gasteiger partial charge in [-0.15, -0.1) is 0 Å². The van der Waals surface area contributed by atoms with E-state index >= 15 is 0 Å². The predicted molar refractivity (Wildman–Crippen MR) is 62.9 cm³/mol. The second-order valence-electron chi connectivity index (χ2n) is 3.57. The van der Waals surface area contributed by atoms with E-state index in [9.17, 15) is 0 Å².